The third-order valence-corrected chi connectivity index (χ3v) is 4.16. The fraction of sp³-hybridized carbons (Fsp3) is 0.250. The molecule has 0 aliphatic carbocycles. The van der Waals surface area contributed by atoms with E-state index in [2.05, 4.69) is 15.0 Å². The molecule has 2 N–H and O–H groups in total. The average Bonchev–Trinajstić information content (AvgIpc) is 3.14. The third-order valence-electron chi connectivity index (χ3n) is 4.16. The molecule has 1 saturated heterocycles. The number of nitrogens with zero attached hydrogens (tertiary/aromatic N) is 4. The summed E-state index contributed by atoms with van der Waals surface area (Å²) in [6, 6.07) is 10.8. The summed E-state index contributed by atoms with van der Waals surface area (Å²) in [7, 11) is 0. The molecule has 1 fully saturated rings. The Morgan fingerprint density at radius 2 is 2.14 bits per heavy atom. The Labute approximate surface area is 127 Å². The van der Waals surface area contributed by atoms with Gasteiger partial charge >= 0.3 is 0 Å². The highest BCUT2D eigenvalue weighted by molar-refractivity contribution is 5.52. The number of rotatable bonds is 2. The quantitative estimate of drug-likeness (QED) is 0.790. The summed E-state index contributed by atoms with van der Waals surface area (Å²) in [6.45, 7) is 0.897. The summed E-state index contributed by atoms with van der Waals surface area (Å²) in [5, 5.41) is 4.58. The van der Waals surface area contributed by atoms with Crippen LogP contribution in [0.1, 0.15) is 24.4 Å². The highest BCUT2D eigenvalue weighted by Gasteiger charge is 2.27. The van der Waals surface area contributed by atoms with Gasteiger partial charge in [-0.05, 0) is 42.7 Å². The monoisotopic (exact) mass is 297 g/mol. The van der Waals surface area contributed by atoms with Gasteiger partial charge < -0.3 is 10.6 Å². The first-order valence-corrected chi connectivity index (χ1v) is 7.35. The molecule has 6 heteroatoms. The van der Waals surface area contributed by atoms with E-state index in [-0.39, 0.29) is 11.9 Å². The first-order valence-electron chi connectivity index (χ1n) is 7.35. The van der Waals surface area contributed by atoms with Crippen LogP contribution in [0.3, 0.4) is 0 Å². The first kappa shape index (κ1) is 13.1. The van der Waals surface area contributed by atoms with E-state index in [0.717, 1.165) is 36.4 Å². The van der Waals surface area contributed by atoms with E-state index in [1.165, 1.54) is 6.07 Å². The molecule has 3 aromatic rings. The van der Waals surface area contributed by atoms with Crippen LogP contribution >= 0.6 is 0 Å². The van der Waals surface area contributed by atoms with Crippen molar-refractivity contribution in [2.24, 2.45) is 0 Å². The van der Waals surface area contributed by atoms with Crippen molar-refractivity contribution in [1.29, 1.82) is 0 Å². The van der Waals surface area contributed by atoms with E-state index in [9.17, 15) is 4.39 Å². The topological polar surface area (TPSA) is 59.5 Å². The molecule has 1 unspecified atom stereocenters. The lowest BCUT2D eigenvalue weighted by atomic mass is 10.0. The van der Waals surface area contributed by atoms with Crippen LogP contribution in [0, 0.1) is 5.82 Å². The maximum Gasteiger partial charge on any atom is 0.156 e. The van der Waals surface area contributed by atoms with Gasteiger partial charge in [0.1, 0.15) is 17.5 Å². The Balaban J connectivity index is 1.74. The maximum atomic E-state index is 13.5. The highest BCUT2D eigenvalue weighted by atomic mass is 19.1. The van der Waals surface area contributed by atoms with Gasteiger partial charge in [-0.2, -0.15) is 4.52 Å². The van der Waals surface area contributed by atoms with Crippen molar-refractivity contribution in [3.63, 3.8) is 0 Å². The van der Waals surface area contributed by atoms with Crippen LogP contribution < -0.4 is 10.6 Å². The number of benzene rings is 1. The lowest BCUT2D eigenvalue weighted by Crippen LogP contribution is -2.24. The van der Waals surface area contributed by atoms with Crippen molar-refractivity contribution in [3.8, 4) is 0 Å². The van der Waals surface area contributed by atoms with Crippen LogP contribution in [0.15, 0.2) is 42.6 Å². The molecule has 0 radical (unpaired) electrons. The van der Waals surface area contributed by atoms with Crippen molar-refractivity contribution in [1.82, 2.24) is 14.6 Å². The number of halogens is 1. The highest BCUT2D eigenvalue weighted by Crippen LogP contribution is 2.35. The average molecular weight is 297 g/mol. The number of hydrogen-bond acceptors (Lipinski definition) is 4. The second-order valence-electron chi connectivity index (χ2n) is 5.55. The molecule has 1 atom stereocenters. The lowest BCUT2D eigenvalue weighted by Gasteiger charge is -2.26. The zero-order valence-corrected chi connectivity index (χ0v) is 12.0. The molecule has 3 heterocycles. The number of hydrogen-bond donors (Lipinski definition) is 1. The molecule has 0 amide bonds. The van der Waals surface area contributed by atoms with Gasteiger partial charge in [0.05, 0.1) is 12.2 Å². The van der Waals surface area contributed by atoms with Crippen LogP contribution in [0.25, 0.3) is 5.65 Å². The second-order valence-corrected chi connectivity index (χ2v) is 5.55. The summed E-state index contributed by atoms with van der Waals surface area (Å²) in [5.41, 5.74) is 7.59. The minimum atomic E-state index is -0.202. The lowest BCUT2D eigenvalue weighted by molar-refractivity contribution is 0.617. The third kappa shape index (κ3) is 2.07. The number of nitrogen functional groups attached to an aromatic ring is 1. The number of nitrogens with two attached hydrogens (primary N) is 1. The van der Waals surface area contributed by atoms with Crippen molar-refractivity contribution >= 4 is 17.3 Å². The van der Waals surface area contributed by atoms with Gasteiger partial charge in [-0.3, -0.25) is 0 Å². The van der Waals surface area contributed by atoms with E-state index >= 15 is 0 Å². The fourth-order valence-electron chi connectivity index (χ4n) is 3.14. The molecule has 112 valence electrons. The van der Waals surface area contributed by atoms with Crippen molar-refractivity contribution < 1.29 is 4.39 Å². The molecule has 1 aliphatic rings. The van der Waals surface area contributed by atoms with Gasteiger partial charge in [0.25, 0.3) is 0 Å². The summed E-state index contributed by atoms with van der Waals surface area (Å²) in [5.74, 6) is 1.15. The largest absolute Gasteiger partial charge is 0.382 e. The van der Waals surface area contributed by atoms with Crippen LogP contribution in [0.5, 0.6) is 0 Å². The number of imidazole rings is 1. The minimum absolute atomic E-state index is 0.144. The Morgan fingerprint density at radius 1 is 1.23 bits per heavy atom. The standard InChI is InChI=1S/C16H16FN5/c17-12-4-1-3-11(9-12)13-5-2-8-21(13)16-7-6-15-19-10-14(18)22(15)20-16/h1,3-4,6-7,9-10,13H,2,5,8,18H2. The summed E-state index contributed by atoms with van der Waals surface area (Å²) < 4.78 is 15.1. The van der Waals surface area contributed by atoms with E-state index in [4.69, 9.17) is 5.73 Å². The fourth-order valence-corrected chi connectivity index (χ4v) is 3.14. The summed E-state index contributed by atoms with van der Waals surface area (Å²) in [4.78, 5) is 6.38. The van der Waals surface area contributed by atoms with Crippen LogP contribution in [-0.4, -0.2) is 21.1 Å². The second kappa shape index (κ2) is 4.98. The van der Waals surface area contributed by atoms with Crippen LogP contribution in [0.2, 0.25) is 0 Å². The zero-order chi connectivity index (χ0) is 15.1. The van der Waals surface area contributed by atoms with Gasteiger partial charge in [-0.1, -0.05) is 12.1 Å². The smallest absolute Gasteiger partial charge is 0.156 e. The molecule has 4 rings (SSSR count). The van der Waals surface area contributed by atoms with E-state index in [1.807, 2.05) is 18.2 Å². The molecule has 2 aromatic heterocycles. The molecule has 0 bridgehead atoms. The van der Waals surface area contributed by atoms with E-state index in [1.54, 1.807) is 22.8 Å². The predicted octanol–water partition coefficient (Wildman–Crippen LogP) is 2.79. The Morgan fingerprint density at radius 3 is 3.00 bits per heavy atom. The molecule has 1 aromatic carbocycles. The van der Waals surface area contributed by atoms with E-state index < -0.39 is 0 Å². The SMILES string of the molecule is Nc1cnc2ccc(N3CCCC3c3cccc(F)c3)nn12. The Kier molecular flexibility index (Phi) is 2.96. The van der Waals surface area contributed by atoms with Crippen molar-refractivity contribution in [2.45, 2.75) is 18.9 Å². The first-order chi connectivity index (χ1) is 10.7. The molecule has 22 heavy (non-hydrogen) atoms. The minimum Gasteiger partial charge on any atom is -0.382 e. The van der Waals surface area contributed by atoms with Crippen LogP contribution in [-0.2, 0) is 0 Å². The van der Waals surface area contributed by atoms with Gasteiger partial charge in [0.15, 0.2) is 5.65 Å². The van der Waals surface area contributed by atoms with Crippen molar-refractivity contribution in [2.75, 3.05) is 17.2 Å². The molecule has 5 nitrogen and oxygen atoms in total. The molecule has 0 spiro atoms. The van der Waals surface area contributed by atoms with E-state index in [0.29, 0.717) is 5.82 Å². The molecule has 1 aliphatic heterocycles. The summed E-state index contributed by atoms with van der Waals surface area (Å²) in [6.07, 6.45) is 3.64. The number of fused-ring (bicyclic) bond motifs is 1. The summed E-state index contributed by atoms with van der Waals surface area (Å²) >= 11 is 0. The number of aromatic nitrogens is 3. The van der Waals surface area contributed by atoms with Gasteiger partial charge in [0, 0.05) is 6.54 Å². The Bertz CT molecular complexity index is 828. The molecular formula is C16H16FN5. The van der Waals surface area contributed by atoms with Crippen LogP contribution in [0.4, 0.5) is 16.0 Å². The van der Waals surface area contributed by atoms with Crippen molar-refractivity contribution in [3.05, 3.63) is 54.0 Å². The maximum absolute atomic E-state index is 13.5. The molecular weight excluding hydrogens is 281 g/mol. The molecule has 0 saturated carbocycles. The Hall–Kier alpha value is -2.63. The zero-order valence-electron chi connectivity index (χ0n) is 12.0. The van der Waals surface area contributed by atoms with Gasteiger partial charge in [-0.25, -0.2) is 9.37 Å². The van der Waals surface area contributed by atoms with Gasteiger partial charge in [0.2, 0.25) is 0 Å². The number of anilines is 2. The normalized spacial score (nSPS) is 18.2. The predicted molar refractivity (Wildman–Crippen MR) is 83.1 cm³/mol. The van der Waals surface area contributed by atoms with Gasteiger partial charge in [-0.15, -0.1) is 5.10 Å².